The zero-order valence-electron chi connectivity index (χ0n) is 17.5. The molecular weight excluding hydrogens is 390 g/mol. The normalized spacial score (nSPS) is 15.4. The van der Waals surface area contributed by atoms with Gasteiger partial charge in [0.1, 0.15) is 6.26 Å². The third-order valence-corrected chi connectivity index (χ3v) is 5.93. The first-order valence-corrected chi connectivity index (χ1v) is 10.6. The van der Waals surface area contributed by atoms with Crippen LogP contribution in [-0.2, 0) is 11.3 Å². The molecule has 0 saturated carbocycles. The van der Waals surface area contributed by atoms with Crippen LogP contribution in [0.5, 0.6) is 0 Å². The van der Waals surface area contributed by atoms with Crippen molar-refractivity contribution in [2.75, 3.05) is 18.4 Å². The van der Waals surface area contributed by atoms with Crippen molar-refractivity contribution >= 4 is 22.5 Å². The average Bonchev–Trinajstić information content (AvgIpc) is 3.41. The number of amides is 1. The fraction of sp³-hybridized carbons (Fsp3) is 0.292. The number of benzene rings is 2. The summed E-state index contributed by atoms with van der Waals surface area (Å²) in [4.78, 5) is 19.7. The van der Waals surface area contributed by atoms with Crippen molar-refractivity contribution < 1.29 is 9.21 Å². The number of aryl methyl sites for hydroxylation is 1. The van der Waals surface area contributed by atoms with Gasteiger partial charge in [-0.15, -0.1) is 0 Å². The lowest BCUT2D eigenvalue weighted by atomic mass is 9.95. The van der Waals surface area contributed by atoms with Crippen molar-refractivity contribution in [3.05, 3.63) is 66.2 Å². The molecule has 0 bridgehead atoms. The minimum atomic E-state index is 0.0186. The Morgan fingerprint density at radius 3 is 2.81 bits per heavy atom. The Morgan fingerprint density at radius 1 is 1.19 bits per heavy atom. The molecule has 0 spiro atoms. The molecule has 2 aromatic heterocycles. The van der Waals surface area contributed by atoms with Gasteiger partial charge in [-0.05, 0) is 63.2 Å². The van der Waals surface area contributed by atoms with Crippen molar-refractivity contribution in [3.63, 3.8) is 0 Å². The summed E-state index contributed by atoms with van der Waals surface area (Å²) in [5.74, 6) is 0.748. The summed E-state index contributed by atoms with van der Waals surface area (Å²) in [7, 11) is 0. The van der Waals surface area contributed by atoms with E-state index in [0.29, 0.717) is 5.89 Å². The lowest BCUT2D eigenvalue weighted by Gasteiger charge is -2.30. The molecule has 2 aromatic carbocycles. The molecule has 2 N–H and O–H groups in total. The van der Waals surface area contributed by atoms with Crippen LogP contribution in [-0.4, -0.2) is 39.1 Å². The van der Waals surface area contributed by atoms with E-state index in [-0.39, 0.29) is 11.8 Å². The van der Waals surface area contributed by atoms with Crippen LogP contribution in [0.1, 0.15) is 24.2 Å². The van der Waals surface area contributed by atoms with Crippen LogP contribution in [0.3, 0.4) is 0 Å². The van der Waals surface area contributed by atoms with Crippen LogP contribution >= 0.6 is 0 Å². The van der Waals surface area contributed by atoms with Crippen molar-refractivity contribution in [2.45, 2.75) is 26.3 Å². The summed E-state index contributed by atoms with van der Waals surface area (Å²) in [6.45, 7) is 4.45. The fourth-order valence-electron chi connectivity index (χ4n) is 4.14. The van der Waals surface area contributed by atoms with Gasteiger partial charge < -0.3 is 9.73 Å². The molecule has 0 radical (unpaired) electrons. The monoisotopic (exact) mass is 415 g/mol. The van der Waals surface area contributed by atoms with Gasteiger partial charge in [-0.2, -0.15) is 5.10 Å². The molecule has 1 amide bonds. The maximum atomic E-state index is 12.7. The molecule has 7 nitrogen and oxygen atoms in total. The number of nitrogens with one attached hydrogen (secondary N) is 2. The molecule has 1 aliphatic heterocycles. The van der Waals surface area contributed by atoms with Gasteiger partial charge in [-0.25, -0.2) is 4.98 Å². The molecule has 31 heavy (non-hydrogen) atoms. The number of carbonyl (C=O) groups is 1. The van der Waals surface area contributed by atoms with Gasteiger partial charge in [0.15, 0.2) is 0 Å². The second-order valence-corrected chi connectivity index (χ2v) is 8.13. The van der Waals surface area contributed by atoms with Gasteiger partial charge in [-0.1, -0.05) is 18.2 Å². The Labute approximate surface area is 180 Å². The van der Waals surface area contributed by atoms with Gasteiger partial charge >= 0.3 is 0 Å². The predicted octanol–water partition coefficient (Wildman–Crippen LogP) is 4.38. The molecule has 7 heteroatoms. The predicted molar refractivity (Wildman–Crippen MR) is 119 cm³/mol. The second-order valence-electron chi connectivity index (χ2n) is 8.13. The second kappa shape index (κ2) is 8.35. The summed E-state index contributed by atoms with van der Waals surface area (Å²) in [5, 5.41) is 11.4. The Bertz CT molecular complexity index is 1190. The van der Waals surface area contributed by atoms with E-state index >= 15 is 0 Å². The third-order valence-electron chi connectivity index (χ3n) is 5.93. The Hall–Kier alpha value is -3.45. The third kappa shape index (κ3) is 4.22. The lowest BCUT2D eigenvalue weighted by Crippen LogP contribution is -2.37. The zero-order chi connectivity index (χ0) is 21.2. The highest BCUT2D eigenvalue weighted by molar-refractivity contribution is 5.95. The smallest absolute Gasteiger partial charge is 0.227 e. The summed E-state index contributed by atoms with van der Waals surface area (Å²) < 4.78 is 5.64. The number of oxazole rings is 1. The molecule has 1 aliphatic rings. The largest absolute Gasteiger partial charge is 0.444 e. The number of nitrogens with zero attached hydrogens (tertiary/aromatic N) is 3. The zero-order valence-corrected chi connectivity index (χ0v) is 17.5. The highest BCUT2D eigenvalue weighted by Gasteiger charge is 2.25. The standard InChI is InChI=1S/C24H25N5O2/c1-16-21-8-7-19(13-22(21)28-27-16)25-23(30)17-9-11-29(12-10-17)14-20-15-31-24(26-20)18-5-3-2-4-6-18/h2-8,13,15,17H,9-12,14H2,1H3,(H,25,30)(H,27,28). The first kappa shape index (κ1) is 19.5. The Morgan fingerprint density at radius 2 is 2.00 bits per heavy atom. The SMILES string of the molecule is Cc1[nH]nc2cc(NC(=O)C3CCN(Cc4coc(-c5ccccc5)n4)CC3)ccc12. The van der Waals surface area contributed by atoms with Crippen molar-refractivity contribution in [1.29, 1.82) is 0 Å². The molecule has 3 heterocycles. The molecule has 0 atom stereocenters. The van der Waals surface area contributed by atoms with Crippen LogP contribution in [0, 0.1) is 12.8 Å². The quantitative estimate of drug-likeness (QED) is 0.505. The topological polar surface area (TPSA) is 87.0 Å². The molecule has 1 saturated heterocycles. The van der Waals surface area contributed by atoms with E-state index in [2.05, 4.69) is 25.4 Å². The minimum Gasteiger partial charge on any atom is -0.444 e. The van der Waals surface area contributed by atoms with E-state index in [1.165, 1.54) is 0 Å². The molecule has 0 unspecified atom stereocenters. The van der Waals surface area contributed by atoms with E-state index in [1.54, 1.807) is 6.26 Å². The van der Waals surface area contributed by atoms with Crippen LogP contribution < -0.4 is 5.32 Å². The number of anilines is 1. The van der Waals surface area contributed by atoms with E-state index < -0.39 is 0 Å². The number of hydrogen-bond donors (Lipinski definition) is 2. The molecule has 158 valence electrons. The fourth-order valence-corrected chi connectivity index (χ4v) is 4.14. The molecule has 5 rings (SSSR count). The first-order chi connectivity index (χ1) is 15.2. The molecule has 4 aromatic rings. The summed E-state index contributed by atoms with van der Waals surface area (Å²) in [6, 6.07) is 15.8. The van der Waals surface area contributed by atoms with Crippen LogP contribution in [0.2, 0.25) is 0 Å². The number of fused-ring (bicyclic) bond motifs is 1. The van der Waals surface area contributed by atoms with E-state index in [9.17, 15) is 4.79 Å². The Balaban J connectivity index is 1.15. The van der Waals surface area contributed by atoms with Gasteiger partial charge in [0, 0.05) is 34.8 Å². The van der Waals surface area contributed by atoms with Gasteiger partial charge in [0.2, 0.25) is 11.8 Å². The van der Waals surface area contributed by atoms with Gasteiger partial charge in [0.25, 0.3) is 0 Å². The number of aromatic amines is 1. The summed E-state index contributed by atoms with van der Waals surface area (Å²) >= 11 is 0. The van der Waals surface area contributed by atoms with E-state index in [0.717, 1.165) is 66.0 Å². The number of aromatic nitrogens is 3. The number of hydrogen-bond acceptors (Lipinski definition) is 5. The number of piperidine rings is 1. The van der Waals surface area contributed by atoms with E-state index in [1.807, 2.05) is 55.5 Å². The van der Waals surface area contributed by atoms with Crippen molar-refractivity contribution in [1.82, 2.24) is 20.1 Å². The Kier molecular flexibility index (Phi) is 5.26. The molecular formula is C24H25N5O2. The summed E-state index contributed by atoms with van der Waals surface area (Å²) in [5.41, 5.74) is 4.59. The van der Waals surface area contributed by atoms with E-state index in [4.69, 9.17) is 4.42 Å². The first-order valence-electron chi connectivity index (χ1n) is 10.6. The highest BCUT2D eigenvalue weighted by Crippen LogP contribution is 2.24. The van der Waals surface area contributed by atoms with Crippen molar-refractivity contribution in [2.24, 2.45) is 5.92 Å². The highest BCUT2D eigenvalue weighted by atomic mass is 16.3. The number of H-pyrrole nitrogens is 1. The lowest BCUT2D eigenvalue weighted by molar-refractivity contribution is -0.121. The minimum absolute atomic E-state index is 0.0186. The van der Waals surface area contributed by atoms with Gasteiger partial charge in [0.05, 0.1) is 11.2 Å². The summed E-state index contributed by atoms with van der Waals surface area (Å²) in [6.07, 6.45) is 3.39. The average molecular weight is 415 g/mol. The number of carbonyl (C=O) groups excluding carboxylic acids is 1. The van der Waals surface area contributed by atoms with Crippen molar-refractivity contribution in [3.8, 4) is 11.5 Å². The maximum absolute atomic E-state index is 12.7. The molecule has 1 fully saturated rings. The number of likely N-dealkylation sites (tertiary alicyclic amines) is 1. The maximum Gasteiger partial charge on any atom is 0.227 e. The number of rotatable bonds is 5. The molecule has 0 aliphatic carbocycles. The van der Waals surface area contributed by atoms with Crippen LogP contribution in [0.25, 0.3) is 22.4 Å². The van der Waals surface area contributed by atoms with Crippen LogP contribution in [0.15, 0.2) is 59.2 Å². The van der Waals surface area contributed by atoms with Gasteiger partial charge in [-0.3, -0.25) is 14.8 Å². The van der Waals surface area contributed by atoms with Crippen LogP contribution in [0.4, 0.5) is 5.69 Å².